The maximum atomic E-state index is 8.94. The Labute approximate surface area is 303 Å². The van der Waals surface area contributed by atoms with Gasteiger partial charge >= 0.3 is 0 Å². The van der Waals surface area contributed by atoms with Gasteiger partial charge in [0.2, 0.25) is 5.95 Å². The van der Waals surface area contributed by atoms with E-state index in [1.807, 2.05) is 65.2 Å². The van der Waals surface area contributed by atoms with Gasteiger partial charge in [-0.3, -0.25) is 4.57 Å². The fourth-order valence-corrected chi connectivity index (χ4v) is 8.57. The molecule has 0 aliphatic carbocycles. The summed E-state index contributed by atoms with van der Waals surface area (Å²) >= 11 is 1.71. The number of para-hydroxylation sites is 3. The van der Waals surface area contributed by atoms with Crippen LogP contribution in [-0.4, -0.2) is 24.1 Å². The molecule has 6 heteroatoms. The Hall–Kier alpha value is -6.63. The van der Waals surface area contributed by atoms with Crippen LogP contribution in [0.5, 0.6) is 0 Å². The molecule has 7 aromatic carbocycles. The highest BCUT2D eigenvalue weighted by Crippen LogP contribution is 2.42. The molecule has 4 heterocycles. The summed E-state index contributed by atoms with van der Waals surface area (Å²) in [5, 5.41) is 6.30. The van der Waals surface area contributed by atoms with Gasteiger partial charge in [0.05, 0.1) is 28.9 Å². The summed E-state index contributed by atoms with van der Waals surface area (Å²) in [6.45, 7) is 0. The first-order valence-electron chi connectivity index (χ1n) is 19.1. The van der Waals surface area contributed by atoms with E-state index in [0.29, 0.717) is 11.4 Å². The van der Waals surface area contributed by atoms with Crippen LogP contribution in [0.25, 0.3) is 98.2 Å². The minimum absolute atomic E-state index is 0.0148. The Morgan fingerprint density at radius 1 is 0.451 bits per heavy atom. The third-order valence-electron chi connectivity index (χ3n) is 9.67. The standard InChI is InChI=1S/C45H27N5S/c1-3-13-28(14-4-1)43-46-44(29-23-26-40-36(27-29)33-19-9-12-22-39(33)51-40)48-45(47-43)50-38-21-11-8-18-32(38)35-25-24-34-31-17-7-10-20-37(31)49(41(34)42(35)50)30-15-5-2-6-16-30/h1-27H/i1D,3D,4D,13D,14D. The second-order valence-electron chi connectivity index (χ2n) is 12.5. The largest absolute Gasteiger partial charge is 0.307 e. The van der Waals surface area contributed by atoms with Crippen LogP contribution in [0.15, 0.2) is 164 Å². The Morgan fingerprint density at radius 3 is 1.78 bits per heavy atom. The van der Waals surface area contributed by atoms with Gasteiger partial charge in [-0.1, -0.05) is 115 Å². The van der Waals surface area contributed by atoms with Crippen molar-refractivity contribution in [3.63, 3.8) is 0 Å². The van der Waals surface area contributed by atoms with Gasteiger partial charge in [-0.15, -0.1) is 11.3 Å². The van der Waals surface area contributed by atoms with E-state index in [4.69, 9.17) is 21.8 Å². The maximum Gasteiger partial charge on any atom is 0.238 e. The van der Waals surface area contributed by atoms with Crippen molar-refractivity contribution in [2.45, 2.75) is 0 Å². The number of rotatable bonds is 4. The zero-order chi connectivity index (χ0) is 37.8. The van der Waals surface area contributed by atoms with Crippen LogP contribution in [-0.2, 0) is 0 Å². The summed E-state index contributed by atoms with van der Waals surface area (Å²) in [6, 6.07) is 43.3. The molecule has 0 spiro atoms. The zero-order valence-corrected chi connectivity index (χ0v) is 27.7. The molecule has 11 rings (SSSR count). The lowest BCUT2D eigenvalue weighted by Crippen LogP contribution is -2.07. The lowest BCUT2D eigenvalue weighted by Gasteiger charge is -2.13. The number of benzene rings is 7. The molecule has 0 aliphatic heterocycles. The Morgan fingerprint density at radius 2 is 1.04 bits per heavy atom. The molecular formula is C45H27N5S. The monoisotopic (exact) mass is 674 g/mol. The molecule has 0 saturated carbocycles. The lowest BCUT2D eigenvalue weighted by atomic mass is 10.1. The van der Waals surface area contributed by atoms with Gasteiger partial charge in [-0.2, -0.15) is 9.97 Å². The number of hydrogen-bond acceptors (Lipinski definition) is 4. The quantitative estimate of drug-likeness (QED) is 0.187. The van der Waals surface area contributed by atoms with E-state index in [0.717, 1.165) is 64.8 Å². The van der Waals surface area contributed by atoms with Crippen LogP contribution in [0.2, 0.25) is 0 Å². The topological polar surface area (TPSA) is 48.5 Å². The third-order valence-corrected chi connectivity index (χ3v) is 10.8. The highest BCUT2D eigenvalue weighted by Gasteiger charge is 2.23. The number of hydrogen-bond donors (Lipinski definition) is 0. The second-order valence-corrected chi connectivity index (χ2v) is 13.6. The van der Waals surface area contributed by atoms with E-state index in [1.54, 1.807) is 11.3 Å². The summed E-state index contributed by atoms with van der Waals surface area (Å²) < 4.78 is 49.8. The molecule has 5 nitrogen and oxygen atoms in total. The lowest BCUT2D eigenvalue weighted by molar-refractivity contribution is 0.953. The van der Waals surface area contributed by atoms with Crippen molar-refractivity contribution < 1.29 is 6.85 Å². The van der Waals surface area contributed by atoms with E-state index in [-0.39, 0.29) is 29.4 Å². The van der Waals surface area contributed by atoms with Gasteiger partial charge < -0.3 is 4.57 Å². The molecule has 0 fully saturated rings. The predicted molar refractivity (Wildman–Crippen MR) is 212 cm³/mol. The van der Waals surface area contributed by atoms with Crippen molar-refractivity contribution >= 4 is 75.1 Å². The van der Waals surface area contributed by atoms with Crippen molar-refractivity contribution in [3.8, 4) is 34.4 Å². The SMILES string of the molecule is [2H]c1c([2H])c([2H])c(-c2nc(-c3ccc4sc5ccccc5c4c3)nc(-n3c4ccccc4c4ccc5c6ccccc6n(-c6ccccc6)c5c43)n2)c([2H])c1[2H]. The average Bonchev–Trinajstić information content (AvgIpc) is 3.90. The number of nitrogens with zero attached hydrogens (tertiary/aromatic N) is 5. The zero-order valence-electron chi connectivity index (χ0n) is 31.8. The van der Waals surface area contributed by atoms with E-state index in [9.17, 15) is 0 Å². The fourth-order valence-electron chi connectivity index (χ4n) is 7.49. The molecule has 0 amide bonds. The van der Waals surface area contributed by atoms with Gasteiger partial charge in [0.25, 0.3) is 0 Å². The predicted octanol–water partition coefficient (Wildman–Crippen LogP) is 11.8. The minimum atomic E-state index is -0.480. The molecule has 0 N–H and O–H groups in total. The van der Waals surface area contributed by atoms with Gasteiger partial charge in [0.15, 0.2) is 11.6 Å². The van der Waals surface area contributed by atoms with Crippen LogP contribution in [0.4, 0.5) is 0 Å². The first kappa shape index (κ1) is 23.7. The van der Waals surface area contributed by atoms with E-state index in [2.05, 4.69) is 77.4 Å². The molecule has 0 atom stereocenters. The van der Waals surface area contributed by atoms with Crippen LogP contribution in [0, 0.1) is 0 Å². The molecule has 0 unspecified atom stereocenters. The molecular weight excluding hydrogens is 643 g/mol. The Balaban J connectivity index is 1.30. The highest BCUT2D eigenvalue weighted by molar-refractivity contribution is 7.25. The van der Waals surface area contributed by atoms with Crippen molar-refractivity contribution in [2.24, 2.45) is 0 Å². The molecule has 0 saturated heterocycles. The Bertz CT molecular complexity index is 3410. The summed E-state index contributed by atoms with van der Waals surface area (Å²) in [4.78, 5) is 15.2. The summed E-state index contributed by atoms with van der Waals surface area (Å²) in [5.41, 5.74) is 5.34. The summed E-state index contributed by atoms with van der Waals surface area (Å²) in [7, 11) is 0. The minimum Gasteiger partial charge on any atom is -0.307 e. The van der Waals surface area contributed by atoms with E-state index < -0.39 is 18.1 Å². The van der Waals surface area contributed by atoms with Crippen LogP contribution >= 0.6 is 11.3 Å². The summed E-state index contributed by atoms with van der Waals surface area (Å²) in [5.74, 6) is 0.560. The van der Waals surface area contributed by atoms with Gasteiger partial charge in [0, 0.05) is 58.5 Å². The van der Waals surface area contributed by atoms with E-state index in [1.165, 1.54) is 4.70 Å². The van der Waals surface area contributed by atoms with E-state index >= 15 is 0 Å². The van der Waals surface area contributed by atoms with Gasteiger partial charge in [-0.25, -0.2) is 4.98 Å². The average molecular weight is 675 g/mol. The van der Waals surface area contributed by atoms with Crippen molar-refractivity contribution in [1.82, 2.24) is 24.1 Å². The first-order valence-corrected chi connectivity index (χ1v) is 17.4. The Kier molecular flexibility index (Phi) is 5.08. The number of fused-ring (bicyclic) bond motifs is 10. The van der Waals surface area contributed by atoms with Gasteiger partial charge in [0.1, 0.15) is 0 Å². The molecule has 0 radical (unpaired) electrons. The third kappa shape index (κ3) is 4.24. The van der Waals surface area contributed by atoms with Crippen LogP contribution in [0.1, 0.15) is 6.85 Å². The molecule has 0 aliphatic rings. The molecule has 238 valence electrons. The van der Waals surface area contributed by atoms with Crippen molar-refractivity contribution in [3.05, 3.63) is 164 Å². The van der Waals surface area contributed by atoms with Crippen LogP contribution in [0.3, 0.4) is 0 Å². The highest BCUT2D eigenvalue weighted by atomic mass is 32.1. The number of aromatic nitrogens is 5. The first-order chi connectivity index (χ1) is 27.4. The summed E-state index contributed by atoms with van der Waals surface area (Å²) in [6.07, 6.45) is 0. The fraction of sp³-hybridized carbons (Fsp3) is 0. The van der Waals surface area contributed by atoms with Crippen molar-refractivity contribution in [2.75, 3.05) is 0 Å². The smallest absolute Gasteiger partial charge is 0.238 e. The normalized spacial score (nSPS) is 13.3. The van der Waals surface area contributed by atoms with Crippen molar-refractivity contribution in [1.29, 1.82) is 0 Å². The van der Waals surface area contributed by atoms with Crippen LogP contribution < -0.4 is 0 Å². The molecule has 51 heavy (non-hydrogen) atoms. The number of thiophene rings is 1. The maximum absolute atomic E-state index is 8.94. The molecule has 4 aromatic heterocycles. The van der Waals surface area contributed by atoms with Gasteiger partial charge in [-0.05, 0) is 48.5 Å². The molecule has 0 bridgehead atoms. The second kappa shape index (κ2) is 10.9. The molecule has 11 aromatic rings.